The quantitative estimate of drug-likeness (QED) is 0.465. The molecule has 1 aromatic carbocycles. The molecule has 5 rings (SSSR count). The van der Waals surface area contributed by atoms with Gasteiger partial charge in [-0.2, -0.15) is 0 Å². The van der Waals surface area contributed by atoms with Crippen molar-refractivity contribution in [2.24, 2.45) is 0 Å². The second-order valence-corrected chi connectivity index (χ2v) is 9.41. The number of likely N-dealkylation sites (N-methyl/N-ethyl adjacent to an activating group) is 1. The molecule has 0 saturated carbocycles. The summed E-state index contributed by atoms with van der Waals surface area (Å²) in [6.45, 7) is 1.81. The summed E-state index contributed by atoms with van der Waals surface area (Å²) in [5.41, 5.74) is 11.2. The van der Waals surface area contributed by atoms with Crippen LogP contribution in [0.3, 0.4) is 0 Å². The zero-order chi connectivity index (χ0) is 20.8. The number of ether oxygens (including phenoxy) is 1. The predicted molar refractivity (Wildman–Crippen MR) is 124 cm³/mol. The first kappa shape index (κ1) is 19.2. The van der Waals surface area contributed by atoms with Crippen molar-refractivity contribution >= 4 is 44.4 Å². The van der Waals surface area contributed by atoms with Crippen LogP contribution in [0.15, 0.2) is 41.8 Å². The number of ketones is 1. The SMILES string of the molecule is COc1cccc(C(=O)c2sc3nc4c(c(-c5cccs5)c3c2N)CN(C)CC4)c1. The number of nitrogens with zero attached hydrogens (tertiary/aromatic N) is 2. The fourth-order valence-electron chi connectivity index (χ4n) is 4.02. The number of rotatable bonds is 4. The smallest absolute Gasteiger partial charge is 0.205 e. The zero-order valence-corrected chi connectivity index (χ0v) is 18.4. The average molecular weight is 436 g/mol. The molecule has 3 aromatic heterocycles. The highest BCUT2D eigenvalue weighted by Crippen LogP contribution is 2.45. The molecule has 0 bridgehead atoms. The molecule has 152 valence electrons. The Morgan fingerprint density at radius 2 is 2.13 bits per heavy atom. The van der Waals surface area contributed by atoms with Gasteiger partial charge in [0.1, 0.15) is 15.5 Å². The monoisotopic (exact) mass is 435 g/mol. The molecule has 5 nitrogen and oxygen atoms in total. The number of pyridine rings is 1. The molecule has 1 aliphatic heterocycles. The van der Waals surface area contributed by atoms with Gasteiger partial charge in [-0.25, -0.2) is 4.98 Å². The number of anilines is 1. The first-order chi connectivity index (χ1) is 14.6. The van der Waals surface area contributed by atoms with Crippen molar-refractivity contribution in [2.45, 2.75) is 13.0 Å². The van der Waals surface area contributed by atoms with E-state index < -0.39 is 0 Å². The molecule has 7 heteroatoms. The lowest BCUT2D eigenvalue weighted by atomic mass is 9.95. The fraction of sp³-hybridized carbons (Fsp3) is 0.217. The van der Waals surface area contributed by atoms with Crippen molar-refractivity contribution in [1.82, 2.24) is 9.88 Å². The Morgan fingerprint density at radius 1 is 1.27 bits per heavy atom. The molecule has 4 heterocycles. The largest absolute Gasteiger partial charge is 0.497 e. The van der Waals surface area contributed by atoms with Crippen LogP contribution in [-0.4, -0.2) is 36.4 Å². The maximum absolute atomic E-state index is 13.3. The van der Waals surface area contributed by atoms with Crippen LogP contribution in [0.4, 0.5) is 5.69 Å². The molecular weight excluding hydrogens is 414 g/mol. The van der Waals surface area contributed by atoms with Gasteiger partial charge in [-0.1, -0.05) is 18.2 Å². The molecule has 1 aliphatic rings. The van der Waals surface area contributed by atoms with E-state index >= 15 is 0 Å². The van der Waals surface area contributed by atoms with E-state index in [-0.39, 0.29) is 5.78 Å². The second-order valence-electron chi connectivity index (χ2n) is 7.46. The number of hydrogen-bond acceptors (Lipinski definition) is 7. The standard InChI is InChI=1S/C23H21N3O2S2/c1-26-9-8-16-15(12-26)18(17-7-4-10-29-17)19-20(24)22(30-23(19)25-16)21(27)13-5-3-6-14(11-13)28-2/h3-7,10-11H,8-9,12,24H2,1-2H3. The Labute approximate surface area is 182 Å². The first-order valence-electron chi connectivity index (χ1n) is 9.71. The number of benzene rings is 1. The minimum Gasteiger partial charge on any atom is -0.497 e. The van der Waals surface area contributed by atoms with E-state index in [1.165, 1.54) is 21.8 Å². The molecule has 2 N–H and O–H groups in total. The van der Waals surface area contributed by atoms with Crippen molar-refractivity contribution in [3.8, 4) is 16.2 Å². The van der Waals surface area contributed by atoms with Gasteiger partial charge in [0.15, 0.2) is 0 Å². The van der Waals surface area contributed by atoms with E-state index in [2.05, 4.69) is 29.5 Å². The maximum atomic E-state index is 13.3. The molecule has 0 fully saturated rings. The van der Waals surface area contributed by atoms with Gasteiger partial charge in [-0.15, -0.1) is 22.7 Å². The van der Waals surface area contributed by atoms with Gasteiger partial charge in [-0.3, -0.25) is 4.79 Å². The van der Waals surface area contributed by atoms with E-state index in [1.807, 2.05) is 12.1 Å². The summed E-state index contributed by atoms with van der Waals surface area (Å²) in [4.78, 5) is 23.1. The first-order valence-corrected chi connectivity index (χ1v) is 11.4. The Bertz CT molecular complexity index is 1260. The Kier molecular flexibility index (Phi) is 4.81. The van der Waals surface area contributed by atoms with Gasteiger partial charge in [0, 0.05) is 46.6 Å². The zero-order valence-electron chi connectivity index (χ0n) is 16.8. The van der Waals surface area contributed by atoms with Gasteiger partial charge in [0.2, 0.25) is 5.78 Å². The van der Waals surface area contributed by atoms with Gasteiger partial charge in [-0.05, 0) is 36.2 Å². The van der Waals surface area contributed by atoms with E-state index in [1.54, 1.807) is 30.6 Å². The number of thiophene rings is 2. The van der Waals surface area contributed by atoms with Crippen LogP contribution >= 0.6 is 22.7 Å². The molecular formula is C23H21N3O2S2. The lowest BCUT2D eigenvalue weighted by Gasteiger charge is -2.26. The molecule has 30 heavy (non-hydrogen) atoms. The van der Waals surface area contributed by atoms with Crippen molar-refractivity contribution in [2.75, 3.05) is 26.4 Å². The number of hydrogen-bond donors (Lipinski definition) is 1. The maximum Gasteiger partial charge on any atom is 0.205 e. The third-order valence-corrected chi connectivity index (χ3v) is 7.51. The van der Waals surface area contributed by atoms with E-state index in [0.29, 0.717) is 21.9 Å². The molecule has 0 amide bonds. The topological polar surface area (TPSA) is 68.4 Å². The fourth-order valence-corrected chi connectivity index (χ4v) is 5.91. The van der Waals surface area contributed by atoms with Crippen LogP contribution in [-0.2, 0) is 13.0 Å². The van der Waals surface area contributed by atoms with Crippen molar-refractivity contribution in [3.63, 3.8) is 0 Å². The minimum atomic E-state index is -0.0957. The number of nitrogen functional groups attached to an aromatic ring is 1. The number of carbonyl (C=O) groups excluding carboxylic acids is 1. The molecule has 0 spiro atoms. The minimum absolute atomic E-state index is 0.0957. The Balaban J connectivity index is 1.74. The lowest BCUT2D eigenvalue weighted by Crippen LogP contribution is -2.27. The van der Waals surface area contributed by atoms with Crippen LogP contribution in [0.1, 0.15) is 26.5 Å². The highest BCUT2D eigenvalue weighted by atomic mass is 32.1. The number of carbonyl (C=O) groups is 1. The number of methoxy groups -OCH3 is 1. The number of nitrogens with two attached hydrogens (primary N) is 1. The van der Waals surface area contributed by atoms with Crippen LogP contribution in [0.2, 0.25) is 0 Å². The molecule has 0 radical (unpaired) electrons. The third-order valence-electron chi connectivity index (χ3n) is 5.53. The highest BCUT2D eigenvalue weighted by Gasteiger charge is 2.27. The predicted octanol–water partition coefficient (Wildman–Crippen LogP) is 4.83. The third kappa shape index (κ3) is 3.10. The van der Waals surface area contributed by atoms with Crippen LogP contribution in [0.5, 0.6) is 5.75 Å². The Morgan fingerprint density at radius 3 is 2.90 bits per heavy atom. The number of aromatic nitrogens is 1. The number of fused-ring (bicyclic) bond motifs is 2. The summed E-state index contributed by atoms with van der Waals surface area (Å²) in [6, 6.07) is 11.4. The summed E-state index contributed by atoms with van der Waals surface area (Å²) in [6.07, 6.45) is 0.900. The average Bonchev–Trinajstić information content (AvgIpc) is 3.40. The summed E-state index contributed by atoms with van der Waals surface area (Å²) >= 11 is 3.08. The van der Waals surface area contributed by atoms with Crippen LogP contribution in [0, 0.1) is 0 Å². The summed E-state index contributed by atoms with van der Waals surface area (Å²) in [7, 11) is 3.72. The van der Waals surface area contributed by atoms with Crippen LogP contribution in [0.25, 0.3) is 20.7 Å². The molecule has 0 unspecified atom stereocenters. The summed E-state index contributed by atoms with van der Waals surface area (Å²) in [5, 5.41) is 2.98. The van der Waals surface area contributed by atoms with Gasteiger partial charge in [0.05, 0.1) is 12.8 Å². The molecule has 0 atom stereocenters. The van der Waals surface area contributed by atoms with Crippen molar-refractivity contribution < 1.29 is 9.53 Å². The second kappa shape index (κ2) is 7.50. The molecule has 0 saturated heterocycles. The van der Waals surface area contributed by atoms with Crippen LogP contribution < -0.4 is 10.5 Å². The van der Waals surface area contributed by atoms with Gasteiger partial charge in [0.25, 0.3) is 0 Å². The van der Waals surface area contributed by atoms with E-state index in [9.17, 15) is 4.79 Å². The highest BCUT2D eigenvalue weighted by molar-refractivity contribution is 7.21. The Hall–Kier alpha value is -2.74. The van der Waals surface area contributed by atoms with Gasteiger partial charge < -0.3 is 15.4 Å². The summed E-state index contributed by atoms with van der Waals surface area (Å²) in [5.74, 6) is 0.554. The summed E-state index contributed by atoms with van der Waals surface area (Å²) < 4.78 is 5.28. The normalized spacial score (nSPS) is 14.1. The van der Waals surface area contributed by atoms with Crippen molar-refractivity contribution in [3.05, 3.63) is 63.5 Å². The molecule has 0 aliphatic carbocycles. The van der Waals surface area contributed by atoms with Crippen molar-refractivity contribution in [1.29, 1.82) is 0 Å². The van der Waals surface area contributed by atoms with E-state index in [4.69, 9.17) is 15.5 Å². The molecule has 4 aromatic rings. The van der Waals surface area contributed by atoms with E-state index in [0.717, 1.165) is 41.0 Å². The lowest BCUT2D eigenvalue weighted by molar-refractivity contribution is 0.104. The van der Waals surface area contributed by atoms with Gasteiger partial charge >= 0.3 is 0 Å².